The second kappa shape index (κ2) is 60.7. The van der Waals surface area contributed by atoms with Crippen molar-refractivity contribution in [2.75, 3.05) is 26.4 Å². The SMILES string of the molecule is CCCCCC/C=C\C/C=C\CCCCCCCC(=O)OC(COC(=O)CCCCCCCCCCCCCCCCCCCCCCCCCCCCCCCCCCCCCCC)COP(=O)(O)OCCN. The number of hydrogen-bond acceptors (Lipinski definition) is 8. The molecule has 0 aromatic carbocycles. The molecule has 0 aromatic heterocycles. The van der Waals surface area contributed by atoms with Crippen molar-refractivity contribution in [2.24, 2.45) is 5.73 Å². The quantitative estimate of drug-likeness (QED) is 0.0264. The van der Waals surface area contributed by atoms with Crippen LogP contribution < -0.4 is 5.73 Å². The molecule has 10 heteroatoms. The van der Waals surface area contributed by atoms with Crippen LogP contribution in [-0.2, 0) is 32.7 Å². The van der Waals surface area contributed by atoms with Gasteiger partial charge in [-0.1, -0.05) is 308 Å². The third-order valence-corrected chi connectivity index (χ3v) is 15.6. The maximum absolute atomic E-state index is 12.7. The maximum Gasteiger partial charge on any atom is 0.472 e. The molecule has 0 fully saturated rings. The van der Waals surface area contributed by atoms with Crippen molar-refractivity contribution >= 4 is 19.8 Å². The minimum atomic E-state index is -4.39. The molecule has 74 heavy (non-hydrogen) atoms. The van der Waals surface area contributed by atoms with E-state index in [4.69, 9.17) is 24.3 Å². The van der Waals surface area contributed by atoms with Gasteiger partial charge in [-0.05, 0) is 44.9 Å². The van der Waals surface area contributed by atoms with Crippen molar-refractivity contribution < 1.29 is 37.6 Å². The molecule has 2 unspecified atom stereocenters. The highest BCUT2D eigenvalue weighted by atomic mass is 31.2. The van der Waals surface area contributed by atoms with Gasteiger partial charge in [-0.3, -0.25) is 18.6 Å². The summed E-state index contributed by atoms with van der Waals surface area (Å²) in [6, 6.07) is 0. The molecule has 0 radical (unpaired) electrons. The van der Waals surface area contributed by atoms with Crippen LogP contribution in [0.15, 0.2) is 24.3 Å². The fourth-order valence-corrected chi connectivity index (χ4v) is 10.6. The average molecular weight is 1070 g/mol. The monoisotopic (exact) mass is 1070 g/mol. The normalized spacial score (nSPS) is 13.1. The number of ether oxygens (including phenoxy) is 2. The number of carbonyl (C=O) groups is 2. The summed E-state index contributed by atoms with van der Waals surface area (Å²) in [4.78, 5) is 35.2. The third-order valence-electron chi connectivity index (χ3n) is 14.6. The lowest BCUT2D eigenvalue weighted by molar-refractivity contribution is -0.161. The van der Waals surface area contributed by atoms with E-state index >= 15 is 0 Å². The number of carbonyl (C=O) groups excluding carboxylic acids is 2. The number of hydrogen-bond donors (Lipinski definition) is 2. The molecule has 0 rings (SSSR count). The first-order valence-corrected chi connectivity index (χ1v) is 33.8. The van der Waals surface area contributed by atoms with Crippen molar-refractivity contribution in [3.8, 4) is 0 Å². The lowest BCUT2D eigenvalue weighted by atomic mass is 10.0. The van der Waals surface area contributed by atoms with Gasteiger partial charge >= 0.3 is 19.8 Å². The van der Waals surface area contributed by atoms with Crippen molar-refractivity contribution in [1.29, 1.82) is 0 Å². The van der Waals surface area contributed by atoms with Crippen molar-refractivity contribution in [3.05, 3.63) is 24.3 Å². The lowest BCUT2D eigenvalue weighted by Gasteiger charge is -2.19. The number of phosphoric acid groups is 1. The topological polar surface area (TPSA) is 134 Å². The standard InChI is InChI=1S/C64H124NO8P/c1-3-5-7-9-11-13-15-17-19-21-22-23-24-25-26-27-28-29-30-31-32-33-34-35-36-37-38-39-40-41-43-44-46-48-50-52-54-56-63(66)70-60-62(61-72-74(68,69)71-59-58-65)73-64(67)57-55-53-51-49-47-45-42-20-18-16-14-12-10-8-6-4-2/h14,16,20,42,62H,3-13,15,17-19,21-41,43-61,65H2,1-2H3,(H,68,69)/b16-14-,42-20-. The second-order valence-electron chi connectivity index (χ2n) is 22.0. The summed E-state index contributed by atoms with van der Waals surface area (Å²) in [6.07, 6.45) is 72.9. The summed E-state index contributed by atoms with van der Waals surface area (Å²) in [5.41, 5.74) is 5.38. The zero-order chi connectivity index (χ0) is 53.8. The van der Waals surface area contributed by atoms with Crippen molar-refractivity contribution in [1.82, 2.24) is 0 Å². The Kier molecular flexibility index (Phi) is 59.5. The molecule has 0 bridgehead atoms. The lowest BCUT2D eigenvalue weighted by Crippen LogP contribution is -2.29. The minimum absolute atomic E-state index is 0.0529. The largest absolute Gasteiger partial charge is 0.472 e. The molecule has 0 aliphatic rings. The Morgan fingerprint density at radius 2 is 0.703 bits per heavy atom. The molecular formula is C64H124NO8P. The molecule has 0 spiro atoms. The second-order valence-corrected chi connectivity index (χ2v) is 23.4. The molecule has 0 aliphatic carbocycles. The zero-order valence-corrected chi connectivity index (χ0v) is 50.0. The van der Waals surface area contributed by atoms with Gasteiger partial charge in [0.2, 0.25) is 0 Å². The Balaban J connectivity index is 3.74. The van der Waals surface area contributed by atoms with Gasteiger partial charge in [0.15, 0.2) is 6.10 Å². The van der Waals surface area contributed by atoms with E-state index in [-0.39, 0.29) is 38.6 Å². The van der Waals surface area contributed by atoms with Crippen LogP contribution in [0.4, 0.5) is 0 Å². The Hall–Kier alpha value is -1.51. The molecule has 0 aromatic rings. The molecule has 0 amide bonds. The first-order valence-electron chi connectivity index (χ1n) is 32.3. The summed E-state index contributed by atoms with van der Waals surface area (Å²) < 4.78 is 33.0. The molecule has 438 valence electrons. The van der Waals surface area contributed by atoms with E-state index in [1.165, 1.54) is 250 Å². The van der Waals surface area contributed by atoms with E-state index in [2.05, 4.69) is 38.2 Å². The van der Waals surface area contributed by atoms with E-state index in [1.807, 2.05) is 0 Å². The summed E-state index contributed by atoms with van der Waals surface area (Å²) in [5, 5.41) is 0. The molecule has 2 atom stereocenters. The Labute approximate surface area is 459 Å². The predicted octanol–water partition coefficient (Wildman–Crippen LogP) is 20.6. The average Bonchev–Trinajstić information content (AvgIpc) is 3.39. The number of allylic oxidation sites excluding steroid dienone is 4. The first kappa shape index (κ1) is 72.5. The Morgan fingerprint density at radius 1 is 0.405 bits per heavy atom. The highest BCUT2D eigenvalue weighted by Gasteiger charge is 2.26. The van der Waals surface area contributed by atoms with Gasteiger partial charge in [-0.2, -0.15) is 0 Å². The molecular weight excluding hydrogens is 942 g/mol. The van der Waals surface area contributed by atoms with E-state index in [0.29, 0.717) is 6.42 Å². The van der Waals surface area contributed by atoms with Gasteiger partial charge < -0.3 is 20.1 Å². The number of unbranched alkanes of at least 4 members (excludes halogenated alkanes) is 45. The van der Waals surface area contributed by atoms with Gasteiger partial charge in [-0.25, -0.2) is 4.57 Å². The number of phosphoric ester groups is 1. The van der Waals surface area contributed by atoms with Gasteiger partial charge in [-0.15, -0.1) is 0 Å². The molecule has 0 saturated carbocycles. The summed E-state index contributed by atoms with van der Waals surface area (Å²) in [5.74, 6) is -0.827. The third kappa shape index (κ3) is 59.7. The highest BCUT2D eigenvalue weighted by molar-refractivity contribution is 7.47. The van der Waals surface area contributed by atoms with Crippen LogP contribution in [0.5, 0.6) is 0 Å². The van der Waals surface area contributed by atoms with Gasteiger partial charge in [0.25, 0.3) is 0 Å². The number of nitrogens with two attached hydrogens (primary N) is 1. The van der Waals surface area contributed by atoms with E-state index in [1.54, 1.807) is 0 Å². The van der Waals surface area contributed by atoms with Crippen LogP contribution in [0.2, 0.25) is 0 Å². The van der Waals surface area contributed by atoms with Crippen LogP contribution in [0, 0.1) is 0 Å². The van der Waals surface area contributed by atoms with E-state index < -0.39 is 26.5 Å². The maximum atomic E-state index is 12.7. The van der Waals surface area contributed by atoms with Crippen LogP contribution in [-0.4, -0.2) is 49.3 Å². The summed E-state index contributed by atoms with van der Waals surface area (Å²) >= 11 is 0. The minimum Gasteiger partial charge on any atom is -0.462 e. The number of rotatable bonds is 62. The highest BCUT2D eigenvalue weighted by Crippen LogP contribution is 2.43. The summed E-state index contributed by atoms with van der Waals surface area (Å²) in [6.45, 7) is 3.76. The fraction of sp³-hybridized carbons (Fsp3) is 0.906. The Morgan fingerprint density at radius 3 is 1.04 bits per heavy atom. The van der Waals surface area contributed by atoms with Crippen LogP contribution >= 0.6 is 7.82 Å². The Bertz CT molecular complexity index is 1260. The van der Waals surface area contributed by atoms with Crippen LogP contribution in [0.25, 0.3) is 0 Å². The van der Waals surface area contributed by atoms with Crippen LogP contribution in [0.3, 0.4) is 0 Å². The van der Waals surface area contributed by atoms with E-state index in [9.17, 15) is 19.0 Å². The smallest absolute Gasteiger partial charge is 0.462 e. The van der Waals surface area contributed by atoms with Gasteiger partial charge in [0.1, 0.15) is 6.61 Å². The van der Waals surface area contributed by atoms with E-state index in [0.717, 1.165) is 57.8 Å². The first-order chi connectivity index (χ1) is 36.3. The molecule has 0 heterocycles. The van der Waals surface area contributed by atoms with Gasteiger partial charge in [0.05, 0.1) is 13.2 Å². The van der Waals surface area contributed by atoms with Crippen molar-refractivity contribution in [2.45, 2.75) is 347 Å². The van der Waals surface area contributed by atoms with Gasteiger partial charge in [0, 0.05) is 19.4 Å². The predicted molar refractivity (Wildman–Crippen MR) is 317 cm³/mol. The molecule has 0 saturated heterocycles. The summed E-state index contributed by atoms with van der Waals surface area (Å²) in [7, 11) is -4.39. The molecule has 0 aliphatic heterocycles. The molecule has 3 N–H and O–H groups in total. The van der Waals surface area contributed by atoms with Crippen LogP contribution in [0.1, 0.15) is 341 Å². The fourth-order valence-electron chi connectivity index (χ4n) is 9.79. The molecule has 9 nitrogen and oxygen atoms in total. The van der Waals surface area contributed by atoms with Crippen molar-refractivity contribution in [3.63, 3.8) is 0 Å². The zero-order valence-electron chi connectivity index (χ0n) is 49.1. The number of esters is 2.